The van der Waals surface area contributed by atoms with Crippen molar-refractivity contribution in [3.8, 4) is 6.07 Å². The van der Waals surface area contributed by atoms with Gasteiger partial charge in [0.2, 0.25) is 5.78 Å². The van der Waals surface area contributed by atoms with Crippen LogP contribution >= 0.6 is 0 Å². The number of carbonyl (C=O) groups is 1. The van der Waals surface area contributed by atoms with Gasteiger partial charge < -0.3 is 10.2 Å². The molecule has 136 valence electrons. The molecule has 0 saturated heterocycles. The van der Waals surface area contributed by atoms with Crippen LogP contribution in [-0.2, 0) is 0 Å². The Bertz CT molecular complexity index is 1190. The fourth-order valence-corrected chi connectivity index (χ4v) is 3.53. The molecule has 4 rings (SSSR count). The van der Waals surface area contributed by atoms with E-state index in [0.717, 1.165) is 22.0 Å². The van der Waals surface area contributed by atoms with Gasteiger partial charge in [0.15, 0.2) is 6.20 Å². The van der Waals surface area contributed by atoms with Gasteiger partial charge in [-0.25, -0.2) is 0 Å². The van der Waals surface area contributed by atoms with Crippen molar-refractivity contribution in [2.75, 3.05) is 0 Å². The van der Waals surface area contributed by atoms with Gasteiger partial charge in [-0.2, -0.15) is 9.99 Å². The number of rotatable bonds is 5. The van der Waals surface area contributed by atoms with Gasteiger partial charge in [-0.05, 0) is 35.4 Å². The second-order valence-electron chi connectivity index (χ2n) is 6.62. The van der Waals surface area contributed by atoms with Crippen LogP contribution in [0.15, 0.2) is 79.1 Å². The molecule has 28 heavy (non-hydrogen) atoms. The quantitative estimate of drug-likeness (QED) is 0.328. The van der Waals surface area contributed by atoms with E-state index in [2.05, 4.69) is 11.1 Å². The molecule has 0 unspecified atom stereocenters. The minimum Gasteiger partial charge on any atom is -0.618 e. The number of nitrogens with one attached hydrogen (secondary N) is 1. The largest absolute Gasteiger partial charge is 0.618 e. The van der Waals surface area contributed by atoms with E-state index >= 15 is 0 Å². The summed E-state index contributed by atoms with van der Waals surface area (Å²) >= 11 is 0. The van der Waals surface area contributed by atoms with Gasteiger partial charge >= 0.3 is 0 Å². The molecule has 0 amide bonds. The van der Waals surface area contributed by atoms with Crippen LogP contribution < -0.4 is 4.73 Å². The molecular formula is C23H17N3O2. The molecule has 0 saturated carbocycles. The van der Waals surface area contributed by atoms with E-state index in [4.69, 9.17) is 0 Å². The van der Waals surface area contributed by atoms with Gasteiger partial charge in [0.25, 0.3) is 5.69 Å². The number of Topliss-reactive ketones (excluding diaryl/α,β-unsaturated/α-hetero) is 1. The van der Waals surface area contributed by atoms with Crippen LogP contribution in [0.2, 0.25) is 0 Å². The minimum atomic E-state index is -0.239. The molecule has 1 atom stereocenters. The predicted octanol–water partition coefficient (Wildman–Crippen LogP) is 4.08. The average Bonchev–Trinajstić information content (AvgIpc) is 3.15. The number of fused-ring (bicyclic) bond motifs is 1. The van der Waals surface area contributed by atoms with Gasteiger partial charge in [0.1, 0.15) is 0 Å². The van der Waals surface area contributed by atoms with Crippen LogP contribution in [0.4, 0.5) is 0 Å². The van der Waals surface area contributed by atoms with E-state index in [-0.39, 0.29) is 23.8 Å². The highest BCUT2D eigenvalue weighted by Gasteiger charge is 2.25. The first-order valence-electron chi connectivity index (χ1n) is 8.95. The number of hydrogen-bond donors (Lipinski definition) is 1. The van der Waals surface area contributed by atoms with Crippen molar-refractivity contribution in [3.05, 3.63) is 107 Å². The highest BCUT2D eigenvalue weighted by atomic mass is 16.5. The maximum absolute atomic E-state index is 12.9. The maximum atomic E-state index is 12.9. The lowest BCUT2D eigenvalue weighted by Gasteiger charge is -2.16. The zero-order chi connectivity index (χ0) is 19.5. The van der Waals surface area contributed by atoms with Crippen LogP contribution in [0.5, 0.6) is 0 Å². The Balaban J connectivity index is 1.81. The van der Waals surface area contributed by atoms with Crippen molar-refractivity contribution >= 4 is 16.7 Å². The van der Waals surface area contributed by atoms with Crippen molar-refractivity contribution < 1.29 is 9.52 Å². The third kappa shape index (κ3) is 3.24. The van der Waals surface area contributed by atoms with Gasteiger partial charge in [0.05, 0.1) is 11.6 Å². The Kier molecular flexibility index (Phi) is 4.61. The van der Waals surface area contributed by atoms with Crippen molar-refractivity contribution in [3.63, 3.8) is 0 Å². The maximum Gasteiger partial charge on any atom is 0.259 e. The van der Waals surface area contributed by atoms with Gasteiger partial charge in [-0.1, -0.05) is 30.3 Å². The molecule has 1 N–H and O–H groups in total. The molecule has 0 aliphatic rings. The van der Waals surface area contributed by atoms with E-state index in [9.17, 15) is 15.3 Å². The number of benzene rings is 2. The van der Waals surface area contributed by atoms with Crippen LogP contribution in [-0.4, -0.2) is 10.8 Å². The molecule has 4 aromatic rings. The molecule has 5 heteroatoms. The minimum absolute atomic E-state index is 0.126. The van der Waals surface area contributed by atoms with E-state index in [1.807, 2.05) is 48.7 Å². The SMILES string of the molecule is N#Cc1ccc2[nH]cc([C@H](CC(=O)c3cccc[n+]3[O-])c3ccccc3)c2c1. The summed E-state index contributed by atoms with van der Waals surface area (Å²) in [5.74, 6) is -0.466. The third-order valence-corrected chi connectivity index (χ3v) is 4.92. The summed E-state index contributed by atoms with van der Waals surface area (Å²) in [5, 5.41) is 22.2. The number of carbonyl (C=O) groups excluding carboxylic acids is 1. The van der Waals surface area contributed by atoms with E-state index in [0.29, 0.717) is 10.3 Å². The lowest BCUT2D eigenvalue weighted by Crippen LogP contribution is -2.34. The molecule has 0 fully saturated rings. The van der Waals surface area contributed by atoms with Crippen molar-refractivity contribution in [1.82, 2.24) is 4.98 Å². The average molecular weight is 367 g/mol. The molecule has 0 aliphatic heterocycles. The Morgan fingerprint density at radius 1 is 1.11 bits per heavy atom. The summed E-state index contributed by atoms with van der Waals surface area (Å²) in [4.78, 5) is 16.1. The van der Waals surface area contributed by atoms with Crippen LogP contribution in [0, 0.1) is 16.5 Å². The fraction of sp³-hybridized carbons (Fsp3) is 0.0870. The molecule has 0 radical (unpaired) electrons. The molecule has 5 nitrogen and oxygen atoms in total. The third-order valence-electron chi connectivity index (χ3n) is 4.92. The Hall–Kier alpha value is -3.91. The number of pyridine rings is 1. The fourth-order valence-electron chi connectivity index (χ4n) is 3.53. The lowest BCUT2D eigenvalue weighted by molar-refractivity contribution is -0.607. The first-order valence-corrected chi connectivity index (χ1v) is 8.95. The Morgan fingerprint density at radius 3 is 2.64 bits per heavy atom. The van der Waals surface area contributed by atoms with Crippen molar-refractivity contribution in [1.29, 1.82) is 5.26 Å². The number of ketones is 1. The molecule has 2 heterocycles. The second-order valence-corrected chi connectivity index (χ2v) is 6.62. The second kappa shape index (κ2) is 7.37. The summed E-state index contributed by atoms with van der Waals surface area (Å²) in [5.41, 5.74) is 3.50. The Morgan fingerprint density at radius 2 is 1.89 bits per heavy atom. The lowest BCUT2D eigenvalue weighted by atomic mass is 9.86. The molecule has 2 aromatic carbocycles. The van der Waals surface area contributed by atoms with Crippen molar-refractivity contribution in [2.24, 2.45) is 0 Å². The zero-order valence-corrected chi connectivity index (χ0v) is 15.0. The summed E-state index contributed by atoms with van der Waals surface area (Å²) in [6, 6.07) is 22.2. The first-order chi connectivity index (χ1) is 13.7. The van der Waals surface area contributed by atoms with Crippen LogP contribution in [0.1, 0.15) is 39.5 Å². The first kappa shape index (κ1) is 17.5. The molecule has 2 aromatic heterocycles. The Labute approximate surface area is 162 Å². The summed E-state index contributed by atoms with van der Waals surface area (Å²) in [7, 11) is 0. The van der Waals surface area contributed by atoms with E-state index < -0.39 is 0 Å². The van der Waals surface area contributed by atoms with E-state index in [1.165, 1.54) is 6.20 Å². The summed E-state index contributed by atoms with van der Waals surface area (Å²) in [6.45, 7) is 0. The van der Waals surface area contributed by atoms with Gasteiger partial charge in [-0.15, -0.1) is 0 Å². The van der Waals surface area contributed by atoms with Gasteiger partial charge in [-0.3, -0.25) is 4.79 Å². The molecule has 0 aliphatic carbocycles. The normalized spacial score (nSPS) is 11.8. The van der Waals surface area contributed by atoms with Crippen LogP contribution in [0.3, 0.4) is 0 Å². The smallest absolute Gasteiger partial charge is 0.259 e. The van der Waals surface area contributed by atoms with Crippen molar-refractivity contribution in [2.45, 2.75) is 12.3 Å². The number of aromatic nitrogens is 2. The molecular weight excluding hydrogens is 350 g/mol. The number of hydrogen-bond acceptors (Lipinski definition) is 3. The predicted molar refractivity (Wildman–Crippen MR) is 106 cm³/mol. The zero-order valence-electron chi connectivity index (χ0n) is 15.0. The van der Waals surface area contributed by atoms with E-state index in [1.54, 1.807) is 24.3 Å². The standard InChI is InChI=1S/C23H17N3O2/c24-14-16-9-10-21-19(12-16)20(15-25-21)18(17-6-2-1-3-7-17)13-23(27)22-8-4-5-11-26(22)28/h1-12,15,18,25H,13H2/t18-/m1/s1. The molecule has 0 bridgehead atoms. The number of H-pyrrole nitrogens is 1. The monoisotopic (exact) mass is 367 g/mol. The van der Waals surface area contributed by atoms with Gasteiger partial charge in [0, 0.05) is 41.6 Å². The highest BCUT2D eigenvalue weighted by Crippen LogP contribution is 2.34. The van der Waals surface area contributed by atoms with Crippen LogP contribution in [0.25, 0.3) is 10.9 Å². The number of aromatic amines is 1. The molecule has 0 spiro atoms. The topological polar surface area (TPSA) is 83.6 Å². The number of nitrogens with zero attached hydrogens (tertiary/aromatic N) is 2. The summed E-state index contributed by atoms with van der Waals surface area (Å²) < 4.78 is 0.605. The highest BCUT2D eigenvalue weighted by molar-refractivity contribution is 5.94. The number of nitriles is 1. The summed E-state index contributed by atoms with van der Waals surface area (Å²) in [6.07, 6.45) is 3.36.